The first-order chi connectivity index (χ1) is 17.4. The number of phenolic OH excluding ortho intramolecular Hbond substituents is 1. The summed E-state index contributed by atoms with van der Waals surface area (Å²) < 4.78 is 16.6. The summed E-state index contributed by atoms with van der Waals surface area (Å²) in [4.78, 5) is 28.6. The van der Waals surface area contributed by atoms with Crippen LogP contribution in [0.25, 0.3) is 10.9 Å². The third-order valence-corrected chi connectivity index (χ3v) is 5.33. The van der Waals surface area contributed by atoms with Gasteiger partial charge >= 0.3 is 12.1 Å². The SMILES string of the molecule is COc1cc2nccc(Oc3ccc(NC(=O)NC(=O)Nc4ccccc4Cl)c(O)c3)c2cc1OC. The van der Waals surface area contributed by atoms with Crippen LogP contribution in [0.15, 0.2) is 66.9 Å². The molecule has 0 saturated carbocycles. The van der Waals surface area contributed by atoms with Crippen molar-refractivity contribution in [2.24, 2.45) is 0 Å². The lowest BCUT2D eigenvalue weighted by molar-refractivity contribution is 0.240. The zero-order valence-electron chi connectivity index (χ0n) is 19.2. The Hall–Kier alpha value is -4.70. The Bertz CT molecular complexity index is 1450. The molecule has 0 aliphatic heterocycles. The zero-order chi connectivity index (χ0) is 25.7. The molecule has 1 heterocycles. The van der Waals surface area contributed by atoms with Gasteiger partial charge in [-0.2, -0.15) is 0 Å². The third-order valence-electron chi connectivity index (χ3n) is 5.00. The highest BCUT2D eigenvalue weighted by molar-refractivity contribution is 6.33. The quantitative estimate of drug-likeness (QED) is 0.243. The Kier molecular flexibility index (Phi) is 7.26. The largest absolute Gasteiger partial charge is 0.506 e. The molecule has 0 aliphatic rings. The maximum atomic E-state index is 12.2. The van der Waals surface area contributed by atoms with Crippen LogP contribution in [0.4, 0.5) is 21.0 Å². The first-order valence-corrected chi connectivity index (χ1v) is 10.9. The highest BCUT2D eigenvalue weighted by Crippen LogP contribution is 2.38. The van der Waals surface area contributed by atoms with Crippen LogP contribution < -0.4 is 30.2 Å². The van der Waals surface area contributed by atoms with E-state index in [4.69, 9.17) is 25.8 Å². The number of hydrogen-bond donors (Lipinski definition) is 4. The van der Waals surface area contributed by atoms with Gasteiger partial charge in [0.15, 0.2) is 11.5 Å². The molecule has 0 saturated heterocycles. The van der Waals surface area contributed by atoms with Crippen molar-refractivity contribution in [3.8, 4) is 28.7 Å². The topological polar surface area (TPSA) is 131 Å². The number of aromatic hydroxyl groups is 1. The van der Waals surface area contributed by atoms with Gasteiger partial charge in [0, 0.05) is 23.7 Å². The number of nitrogens with one attached hydrogen (secondary N) is 3. The molecule has 4 aromatic rings. The van der Waals surface area contributed by atoms with Crippen LogP contribution in [-0.2, 0) is 0 Å². The smallest absolute Gasteiger partial charge is 0.327 e. The van der Waals surface area contributed by atoms with Crippen molar-refractivity contribution in [3.63, 3.8) is 0 Å². The molecule has 0 radical (unpaired) electrons. The van der Waals surface area contributed by atoms with Gasteiger partial charge in [0.2, 0.25) is 0 Å². The number of halogens is 1. The summed E-state index contributed by atoms with van der Waals surface area (Å²) in [5.74, 6) is 1.54. The molecule has 11 heteroatoms. The summed E-state index contributed by atoms with van der Waals surface area (Å²) in [6, 6.07) is 14.4. The number of aromatic nitrogens is 1. The van der Waals surface area contributed by atoms with Gasteiger partial charge in [0.1, 0.15) is 17.2 Å². The van der Waals surface area contributed by atoms with E-state index in [0.29, 0.717) is 44.6 Å². The highest BCUT2D eigenvalue weighted by Gasteiger charge is 2.14. The van der Waals surface area contributed by atoms with Gasteiger partial charge in [-0.1, -0.05) is 23.7 Å². The number of phenols is 1. The number of para-hydroxylation sites is 1. The number of carbonyl (C=O) groups is 2. The second kappa shape index (κ2) is 10.7. The van der Waals surface area contributed by atoms with E-state index in [9.17, 15) is 14.7 Å². The van der Waals surface area contributed by atoms with Crippen molar-refractivity contribution in [2.75, 3.05) is 24.9 Å². The second-order valence-electron chi connectivity index (χ2n) is 7.33. The van der Waals surface area contributed by atoms with E-state index < -0.39 is 12.1 Å². The zero-order valence-corrected chi connectivity index (χ0v) is 19.9. The molecule has 0 aliphatic carbocycles. The fourth-order valence-electron chi connectivity index (χ4n) is 3.32. The average Bonchev–Trinajstić information content (AvgIpc) is 2.86. The number of urea groups is 2. The van der Waals surface area contributed by atoms with Gasteiger partial charge in [-0.25, -0.2) is 9.59 Å². The number of pyridine rings is 1. The van der Waals surface area contributed by atoms with E-state index in [0.717, 1.165) is 0 Å². The Morgan fingerprint density at radius 2 is 1.56 bits per heavy atom. The van der Waals surface area contributed by atoms with Crippen LogP contribution in [0.1, 0.15) is 0 Å². The van der Waals surface area contributed by atoms with Crippen molar-refractivity contribution in [1.82, 2.24) is 10.3 Å². The number of amides is 4. The van der Waals surface area contributed by atoms with Gasteiger partial charge < -0.3 is 30.0 Å². The van der Waals surface area contributed by atoms with Crippen LogP contribution in [0, 0.1) is 0 Å². The Balaban J connectivity index is 1.45. The van der Waals surface area contributed by atoms with Crippen molar-refractivity contribution in [3.05, 3.63) is 71.9 Å². The van der Waals surface area contributed by atoms with E-state index in [1.807, 2.05) is 0 Å². The number of imide groups is 1. The van der Waals surface area contributed by atoms with Crippen molar-refractivity contribution in [1.29, 1.82) is 0 Å². The van der Waals surface area contributed by atoms with Gasteiger partial charge in [-0.3, -0.25) is 10.3 Å². The number of rotatable bonds is 6. The number of anilines is 2. The Morgan fingerprint density at radius 3 is 2.25 bits per heavy atom. The first-order valence-electron chi connectivity index (χ1n) is 10.5. The summed E-state index contributed by atoms with van der Waals surface area (Å²) in [5, 5.41) is 18.3. The second-order valence-corrected chi connectivity index (χ2v) is 7.73. The maximum Gasteiger partial charge on any atom is 0.327 e. The first kappa shape index (κ1) is 24.4. The normalized spacial score (nSPS) is 10.4. The predicted molar refractivity (Wildman–Crippen MR) is 136 cm³/mol. The minimum Gasteiger partial charge on any atom is -0.506 e. The molecule has 4 rings (SSSR count). The maximum absolute atomic E-state index is 12.2. The minimum absolute atomic E-state index is 0.0661. The molecule has 184 valence electrons. The lowest BCUT2D eigenvalue weighted by Crippen LogP contribution is -2.37. The van der Waals surface area contributed by atoms with Gasteiger partial charge in [-0.05, 0) is 36.4 Å². The van der Waals surface area contributed by atoms with E-state index in [2.05, 4.69) is 20.9 Å². The number of fused-ring (bicyclic) bond motifs is 1. The summed E-state index contributed by atoms with van der Waals surface area (Å²) >= 11 is 5.99. The Morgan fingerprint density at radius 1 is 0.861 bits per heavy atom. The molecule has 0 fully saturated rings. The van der Waals surface area contributed by atoms with E-state index in [1.54, 1.807) is 54.7 Å². The third kappa shape index (κ3) is 5.50. The lowest BCUT2D eigenvalue weighted by atomic mass is 10.2. The van der Waals surface area contributed by atoms with Crippen LogP contribution >= 0.6 is 11.6 Å². The van der Waals surface area contributed by atoms with E-state index in [-0.39, 0.29) is 11.4 Å². The van der Waals surface area contributed by atoms with E-state index >= 15 is 0 Å². The molecule has 4 N–H and O–H groups in total. The summed E-state index contributed by atoms with van der Waals surface area (Å²) in [7, 11) is 3.06. The molecule has 0 bridgehead atoms. The van der Waals surface area contributed by atoms with Crippen LogP contribution in [0.3, 0.4) is 0 Å². The number of benzene rings is 3. The standard InChI is InChI=1S/C25H21ClN4O6/c1-34-22-12-15-19(13-23(22)35-2)27-10-9-21(15)36-14-7-8-18(20(31)11-14)29-25(33)30-24(32)28-17-6-4-3-5-16(17)26/h3-13,31H,1-2H3,(H3,28,29,30,32,33). The van der Waals surface area contributed by atoms with E-state index in [1.165, 1.54) is 26.4 Å². The van der Waals surface area contributed by atoms with Crippen molar-refractivity contribution in [2.45, 2.75) is 0 Å². The number of methoxy groups -OCH3 is 2. The number of nitrogens with zero attached hydrogens (tertiary/aromatic N) is 1. The van der Waals surface area contributed by atoms with Gasteiger partial charge in [0.25, 0.3) is 0 Å². The molecule has 0 unspecified atom stereocenters. The number of ether oxygens (including phenoxy) is 3. The average molecular weight is 509 g/mol. The van der Waals surface area contributed by atoms with Gasteiger partial charge in [0.05, 0.1) is 36.1 Å². The molecule has 4 amide bonds. The molecule has 10 nitrogen and oxygen atoms in total. The monoisotopic (exact) mass is 508 g/mol. The molecular weight excluding hydrogens is 488 g/mol. The minimum atomic E-state index is -0.857. The van der Waals surface area contributed by atoms with Crippen LogP contribution in [-0.4, -0.2) is 36.4 Å². The molecule has 0 spiro atoms. The van der Waals surface area contributed by atoms with Crippen LogP contribution in [0.5, 0.6) is 28.7 Å². The molecule has 3 aromatic carbocycles. The fourth-order valence-corrected chi connectivity index (χ4v) is 3.50. The molecule has 0 atom stereocenters. The molecule has 1 aromatic heterocycles. The number of hydrogen-bond acceptors (Lipinski definition) is 7. The highest BCUT2D eigenvalue weighted by atomic mass is 35.5. The lowest BCUT2D eigenvalue weighted by Gasteiger charge is -2.13. The van der Waals surface area contributed by atoms with Gasteiger partial charge in [-0.15, -0.1) is 0 Å². The summed E-state index contributed by atoms with van der Waals surface area (Å²) in [5.41, 5.74) is 1.03. The van der Waals surface area contributed by atoms with Crippen molar-refractivity contribution < 1.29 is 28.9 Å². The van der Waals surface area contributed by atoms with Crippen molar-refractivity contribution >= 4 is 45.9 Å². The fraction of sp³-hybridized carbons (Fsp3) is 0.0800. The predicted octanol–water partition coefficient (Wildman–Crippen LogP) is 5.76. The molecular formula is C25H21ClN4O6. The Labute approximate surface area is 210 Å². The number of carbonyl (C=O) groups excluding carboxylic acids is 2. The summed E-state index contributed by atoms with van der Waals surface area (Å²) in [6.45, 7) is 0. The summed E-state index contributed by atoms with van der Waals surface area (Å²) in [6.07, 6.45) is 1.58. The molecule has 36 heavy (non-hydrogen) atoms. The van der Waals surface area contributed by atoms with Crippen LogP contribution in [0.2, 0.25) is 5.02 Å².